The van der Waals surface area contributed by atoms with Crippen molar-refractivity contribution in [2.24, 2.45) is 0 Å². The predicted octanol–water partition coefficient (Wildman–Crippen LogP) is 1.90. The standard InChI is InChI=1S/C21H20N6O3S/c1-15-2-4-16(5-3-15)18-7-6-17(12-22)21(23-18)31-14-19(28)24-20-13-27(25-30-20)26-8-10-29-11-9-26/h2-7,13H,8-11,14H2,1H3/p+1. The number of amides is 1. The third kappa shape index (κ3) is 5.20. The Balaban J connectivity index is 1.39. The molecule has 0 radical (unpaired) electrons. The predicted molar refractivity (Wildman–Crippen MR) is 114 cm³/mol. The van der Waals surface area contributed by atoms with E-state index < -0.39 is 0 Å². The van der Waals surface area contributed by atoms with E-state index >= 15 is 0 Å². The molecule has 0 spiro atoms. The van der Waals surface area contributed by atoms with E-state index in [9.17, 15) is 10.1 Å². The van der Waals surface area contributed by atoms with Gasteiger partial charge in [-0.3, -0.25) is 14.6 Å². The van der Waals surface area contributed by atoms with Gasteiger partial charge in [0.2, 0.25) is 11.2 Å². The molecular weight excluding hydrogens is 416 g/mol. The van der Waals surface area contributed by atoms with Crippen LogP contribution in [0.4, 0.5) is 5.88 Å². The number of carbonyl (C=O) groups is 1. The number of ether oxygens (including phenoxy) is 1. The zero-order valence-corrected chi connectivity index (χ0v) is 17.8. The van der Waals surface area contributed by atoms with Gasteiger partial charge in [-0.15, -0.1) is 5.01 Å². The molecule has 0 aliphatic carbocycles. The molecule has 3 aromatic rings. The summed E-state index contributed by atoms with van der Waals surface area (Å²) in [7, 11) is 0. The Morgan fingerprint density at radius 1 is 1.26 bits per heavy atom. The lowest BCUT2D eigenvalue weighted by Crippen LogP contribution is -2.62. The van der Waals surface area contributed by atoms with Crippen LogP contribution < -0.4 is 15.1 Å². The number of pyridine rings is 1. The Morgan fingerprint density at radius 3 is 2.77 bits per heavy atom. The number of anilines is 1. The number of thioether (sulfide) groups is 1. The zero-order valence-electron chi connectivity index (χ0n) is 16.9. The normalized spacial score (nSPS) is 13.6. The number of carbonyl (C=O) groups excluding carboxylic acids is 1. The number of hydrogen-bond donors (Lipinski definition) is 1. The summed E-state index contributed by atoms with van der Waals surface area (Å²) < 4.78 is 10.5. The van der Waals surface area contributed by atoms with Crippen molar-refractivity contribution in [1.82, 2.24) is 10.3 Å². The van der Waals surface area contributed by atoms with Crippen LogP contribution in [0.1, 0.15) is 11.1 Å². The molecule has 1 aromatic carbocycles. The van der Waals surface area contributed by atoms with E-state index in [0.29, 0.717) is 36.9 Å². The topological polar surface area (TPSA) is 108 Å². The van der Waals surface area contributed by atoms with Crippen LogP contribution in [0.2, 0.25) is 0 Å². The van der Waals surface area contributed by atoms with Crippen molar-refractivity contribution in [3.05, 3.63) is 53.7 Å². The van der Waals surface area contributed by atoms with Crippen molar-refractivity contribution >= 4 is 23.6 Å². The van der Waals surface area contributed by atoms with Crippen LogP contribution >= 0.6 is 11.8 Å². The highest BCUT2D eigenvalue weighted by Crippen LogP contribution is 2.25. The van der Waals surface area contributed by atoms with Crippen molar-refractivity contribution in [2.45, 2.75) is 11.9 Å². The van der Waals surface area contributed by atoms with Crippen molar-refractivity contribution in [1.29, 1.82) is 5.26 Å². The van der Waals surface area contributed by atoms with Crippen LogP contribution in [0.25, 0.3) is 11.3 Å². The minimum atomic E-state index is -0.276. The summed E-state index contributed by atoms with van der Waals surface area (Å²) in [6.07, 6.45) is 1.62. The summed E-state index contributed by atoms with van der Waals surface area (Å²) in [6, 6.07) is 13.7. The molecular formula is C21H21N6O3S+. The highest BCUT2D eigenvalue weighted by atomic mass is 32.2. The molecule has 1 aliphatic rings. The number of benzene rings is 1. The number of hydrogen-bond acceptors (Lipinski definition) is 8. The molecule has 1 aliphatic heterocycles. The molecule has 3 heterocycles. The Labute approximate surface area is 183 Å². The fourth-order valence-corrected chi connectivity index (χ4v) is 3.78. The molecule has 158 valence electrons. The van der Waals surface area contributed by atoms with E-state index in [-0.39, 0.29) is 17.5 Å². The van der Waals surface area contributed by atoms with Gasteiger partial charge in [-0.1, -0.05) is 41.6 Å². The number of aryl methyl sites for hydroxylation is 1. The molecule has 0 bridgehead atoms. The van der Waals surface area contributed by atoms with Gasteiger partial charge in [-0.05, 0) is 19.1 Å². The average molecular weight is 438 g/mol. The van der Waals surface area contributed by atoms with E-state index in [1.54, 1.807) is 17.1 Å². The fraction of sp³-hybridized carbons (Fsp3) is 0.286. The SMILES string of the molecule is Cc1ccc(-c2ccc(C#N)c(SCC(=O)Nc3c[n+](N4CCOCC4)no3)n2)cc1. The Hall–Kier alpha value is -3.42. The third-order valence-electron chi connectivity index (χ3n) is 4.66. The Kier molecular flexibility index (Phi) is 6.45. The number of aromatic nitrogens is 3. The summed E-state index contributed by atoms with van der Waals surface area (Å²) in [5, 5.41) is 18.5. The summed E-state index contributed by atoms with van der Waals surface area (Å²) >= 11 is 1.20. The summed E-state index contributed by atoms with van der Waals surface area (Å²) in [4.78, 5) is 18.5. The highest BCUT2D eigenvalue weighted by molar-refractivity contribution is 8.00. The molecule has 1 amide bonds. The number of nitrogens with zero attached hydrogens (tertiary/aromatic N) is 5. The maximum Gasteiger partial charge on any atom is 0.305 e. The third-order valence-corrected chi connectivity index (χ3v) is 5.65. The first-order valence-electron chi connectivity index (χ1n) is 9.75. The molecule has 0 unspecified atom stereocenters. The lowest BCUT2D eigenvalue weighted by molar-refractivity contribution is -0.759. The first kappa shape index (κ1) is 20.8. The van der Waals surface area contributed by atoms with E-state index in [1.807, 2.05) is 42.3 Å². The lowest BCUT2D eigenvalue weighted by atomic mass is 10.1. The van der Waals surface area contributed by atoms with Crippen molar-refractivity contribution in [3.63, 3.8) is 0 Å². The van der Waals surface area contributed by atoms with Crippen LogP contribution in [0.15, 0.2) is 52.1 Å². The number of morpholine rings is 1. The molecule has 0 atom stereocenters. The zero-order chi connectivity index (χ0) is 21.6. The lowest BCUT2D eigenvalue weighted by Gasteiger charge is -2.18. The molecule has 10 heteroatoms. The van der Waals surface area contributed by atoms with Gasteiger partial charge >= 0.3 is 5.88 Å². The van der Waals surface area contributed by atoms with Gasteiger partial charge in [0.05, 0.1) is 48.1 Å². The van der Waals surface area contributed by atoms with Gasteiger partial charge in [0.1, 0.15) is 11.1 Å². The summed E-state index contributed by atoms with van der Waals surface area (Å²) in [5.74, 6) is 0.0535. The first-order chi connectivity index (χ1) is 15.1. The number of nitriles is 1. The molecule has 9 nitrogen and oxygen atoms in total. The number of nitrogens with one attached hydrogen (secondary N) is 1. The van der Waals surface area contributed by atoms with Crippen molar-refractivity contribution in [2.75, 3.05) is 42.4 Å². The summed E-state index contributed by atoms with van der Waals surface area (Å²) in [5.41, 5.74) is 3.30. The maximum absolute atomic E-state index is 12.4. The largest absolute Gasteiger partial charge is 0.377 e. The molecule has 1 saturated heterocycles. The van der Waals surface area contributed by atoms with E-state index in [0.717, 1.165) is 16.8 Å². The van der Waals surface area contributed by atoms with Crippen LogP contribution in [0, 0.1) is 18.3 Å². The molecule has 0 saturated carbocycles. The van der Waals surface area contributed by atoms with E-state index in [2.05, 4.69) is 21.6 Å². The van der Waals surface area contributed by atoms with Crippen LogP contribution in [-0.4, -0.2) is 48.2 Å². The van der Waals surface area contributed by atoms with Crippen molar-refractivity contribution in [3.8, 4) is 17.3 Å². The maximum atomic E-state index is 12.4. The van der Waals surface area contributed by atoms with E-state index in [4.69, 9.17) is 9.26 Å². The van der Waals surface area contributed by atoms with Gasteiger partial charge in [0.25, 0.3) is 6.20 Å². The fourth-order valence-electron chi connectivity index (χ4n) is 3.01. The smallest absolute Gasteiger partial charge is 0.305 e. The Bertz CT molecular complexity index is 1100. The van der Waals surface area contributed by atoms with Gasteiger partial charge in [0, 0.05) is 5.56 Å². The highest BCUT2D eigenvalue weighted by Gasteiger charge is 2.23. The van der Waals surface area contributed by atoms with E-state index in [1.165, 1.54) is 11.8 Å². The summed E-state index contributed by atoms with van der Waals surface area (Å²) in [6.45, 7) is 4.65. The molecule has 31 heavy (non-hydrogen) atoms. The van der Waals surface area contributed by atoms with Gasteiger partial charge in [-0.2, -0.15) is 5.26 Å². The second kappa shape index (κ2) is 9.59. The first-order valence-corrected chi connectivity index (χ1v) is 10.7. The average Bonchev–Trinajstić information content (AvgIpc) is 3.27. The van der Waals surface area contributed by atoms with Gasteiger partial charge in [-0.25, -0.2) is 4.98 Å². The van der Waals surface area contributed by atoms with Crippen LogP contribution in [0.3, 0.4) is 0 Å². The quantitative estimate of drug-likeness (QED) is 0.460. The molecule has 1 fully saturated rings. The van der Waals surface area contributed by atoms with Gasteiger partial charge in [0.15, 0.2) is 0 Å². The second-order valence-electron chi connectivity index (χ2n) is 6.92. The molecule has 4 rings (SSSR count). The second-order valence-corrected chi connectivity index (χ2v) is 7.88. The van der Waals surface area contributed by atoms with Gasteiger partial charge < -0.3 is 4.74 Å². The number of rotatable bonds is 6. The Morgan fingerprint density at radius 2 is 2.03 bits per heavy atom. The van der Waals surface area contributed by atoms with Crippen LogP contribution in [-0.2, 0) is 9.53 Å². The van der Waals surface area contributed by atoms with Crippen LogP contribution in [0.5, 0.6) is 0 Å². The van der Waals surface area contributed by atoms with Crippen molar-refractivity contribution < 1.29 is 18.8 Å². The minimum Gasteiger partial charge on any atom is -0.377 e. The minimum absolute atomic E-state index is 0.0806. The molecule has 2 aromatic heterocycles. The molecule has 1 N–H and O–H groups in total. The monoisotopic (exact) mass is 437 g/mol.